The number of carbonyl (C=O) groups excluding carboxylic acids is 1. The molecule has 0 aliphatic heterocycles. The summed E-state index contributed by atoms with van der Waals surface area (Å²) in [6.45, 7) is 2.51. The standard InChI is InChI=1S/C17H17F2NO/c1-12-6-8-13(9-7-12)10-20(2)11-16(21)17-14(18)4-3-5-15(17)19/h3-9H,10-11H2,1-2H3. The fourth-order valence-corrected chi connectivity index (χ4v) is 2.15. The molecule has 0 radical (unpaired) electrons. The number of benzene rings is 2. The van der Waals surface area contributed by atoms with Gasteiger partial charge in [-0.25, -0.2) is 8.78 Å². The van der Waals surface area contributed by atoms with Crippen molar-refractivity contribution in [1.29, 1.82) is 0 Å². The first kappa shape index (κ1) is 15.3. The van der Waals surface area contributed by atoms with Gasteiger partial charge in [0.25, 0.3) is 0 Å². The molecule has 0 N–H and O–H groups in total. The lowest BCUT2D eigenvalue weighted by molar-refractivity contribution is 0.0934. The van der Waals surface area contributed by atoms with Crippen LogP contribution in [-0.2, 0) is 6.54 Å². The Hall–Kier alpha value is -2.07. The zero-order chi connectivity index (χ0) is 15.4. The van der Waals surface area contributed by atoms with E-state index < -0.39 is 23.0 Å². The van der Waals surface area contributed by atoms with Gasteiger partial charge in [-0.1, -0.05) is 35.9 Å². The van der Waals surface area contributed by atoms with Gasteiger partial charge in [-0.3, -0.25) is 9.69 Å². The average Bonchev–Trinajstić information content (AvgIpc) is 2.41. The monoisotopic (exact) mass is 289 g/mol. The molecule has 0 bridgehead atoms. The summed E-state index contributed by atoms with van der Waals surface area (Å²) in [6, 6.07) is 11.4. The van der Waals surface area contributed by atoms with Crippen molar-refractivity contribution in [2.75, 3.05) is 13.6 Å². The quantitative estimate of drug-likeness (QED) is 0.784. The van der Waals surface area contributed by atoms with Crippen LogP contribution in [0, 0.1) is 18.6 Å². The van der Waals surface area contributed by atoms with E-state index in [-0.39, 0.29) is 6.54 Å². The first-order valence-electron chi connectivity index (χ1n) is 6.68. The number of Topliss-reactive ketones (excluding diaryl/α,β-unsaturated/α-hetero) is 1. The number of halogens is 2. The maximum atomic E-state index is 13.5. The van der Waals surface area contributed by atoms with Crippen molar-refractivity contribution in [3.63, 3.8) is 0 Å². The van der Waals surface area contributed by atoms with Crippen LogP contribution in [0.2, 0.25) is 0 Å². The van der Waals surface area contributed by atoms with Gasteiger partial charge in [0.05, 0.1) is 12.1 Å². The first-order valence-corrected chi connectivity index (χ1v) is 6.68. The lowest BCUT2D eigenvalue weighted by Crippen LogP contribution is -2.26. The summed E-state index contributed by atoms with van der Waals surface area (Å²) in [5, 5.41) is 0. The Morgan fingerprint density at radius 3 is 2.19 bits per heavy atom. The molecule has 0 spiro atoms. The fourth-order valence-electron chi connectivity index (χ4n) is 2.15. The molecular weight excluding hydrogens is 272 g/mol. The number of hydrogen-bond acceptors (Lipinski definition) is 2. The normalized spacial score (nSPS) is 10.9. The third-order valence-corrected chi connectivity index (χ3v) is 3.23. The van der Waals surface area contributed by atoms with Crippen LogP contribution in [0.4, 0.5) is 8.78 Å². The van der Waals surface area contributed by atoms with Crippen molar-refractivity contribution in [3.8, 4) is 0 Å². The van der Waals surface area contributed by atoms with E-state index in [9.17, 15) is 13.6 Å². The Kier molecular flexibility index (Phi) is 4.81. The molecule has 0 saturated heterocycles. The Morgan fingerprint density at radius 1 is 1.05 bits per heavy atom. The van der Waals surface area contributed by atoms with E-state index in [1.165, 1.54) is 6.07 Å². The second-order valence-corrected chi connectivity index (χ2v) is 5.18. The lowest BCUT2D eigenvalue weighted by atomic mass is 10.1. The summed E-state index contributed by atoms with van der Waals surface area (Å²) < 4.78 is 27.1. The van der Waals surface area contributed by atoms with Crippen molar-refractivity contribution >= 4 is 5.78 Å². The zero-order valence-corrected chi connectivity index (χ0v) is 12.1. The van der Waals surface area contributed by atoms with Crippen LogP contribution in [0.3, 0.4) is 0 Å². The van der Waals surface area contributed by atoms with Crippen LogP contribution >= 0.6 is 0 Å². The highest BCUT2D eigenvalue weighted by Gasteiger charge is 2.18. The van der Waals surface area contributed by atoms with Crippen LogP contribution in [0.25, 0.3) is 0 Å². The van der Waals surface area contributed by atoms with Crippen LogP contribution in [0.15, 0.2) is 42.5 Å². The summed E-state index contributed by atoms with van der Waals surface area (Å²) in [5.74, 6) is -2.19. The third-order valence-electron chi connectivity index (χ3n) is 3.23. The minimum Gasteiger partial charge on any atom is -0.295 e. The van der Waals surface area contributed by atoms with Gasteiger partial charge in [0.1, 0.15) is 11.6 Å². The number of carbonyl (C=O) groups is 1. The number of aryl methyl sites for hydroxylation is 1. The molecule has 2 nitrogen and oxygen atoms in total. The van der Waals surface area contributed by atoms with E-state index in [0.717, 1.165) is 23.3 Å². The molecule has 0 aromatic heterocycles. The number of rotatable bonds is 5. The summed E-state index contributed by atoms with van der Waals surface area (Å²) in [4.78, 5) is 13.8. The topological polar surface area (TPSA) is 20.3 Å². The molecule has 2 aromatic rings. The summed E-state index contributed by atoms with van der Waals surface area (Å²) in [5.41, 5.74) is 1.74. The van der Waals surface area contributed by atoms with Gasteiger partial charge in [0, 0.05) is 6.54 Å². The van der Waals surface area contributed by atoms with E-state index in [1.54, 1.807) is 11.9 Å². The maximum absolute atomic E-state index is 13.5. The largest absolute Gasteiger partial charge is 0.295 e. The summed E-state index contributed by atoms with van der Waals surface area (Å²) in [7, 11) is 1.75. The van der Waals surface area contributed by atoms with Crippen LogP contribution in [0.5, 0.6) is 0 Å². The van der Waals surface area contributed by atoms with Gasteiger partial charge in [0.2, 0.25) is 0 Å². The molecule has 21 heavy (non-hydrogen) atoms. The molecule has 0 amide bonds. The number of likely N-dealkylation sites (N-methyl/N-ethyl adjacent to an activating group) is 1. The Balaban J connectivity index is 2.04. The highest BCUT2D eigenvalue weighted by atomic mass is 19.1. The summed E-state index contributed by atoms with van der Waals surface area (Å²) >= 11 is 0. The molecule has 0 atom stereocenters. The van der Waals surface area contributed by atoms with E-state index in [0.29, 0.717) is 6.54 Å². The van der Waals surface area contributed by atoms with Crippen LogP contribution < -0.4 is 0 Å². The van der Waals surface area contributed by atoms with Crippen molar-refractivity contribution < 1.29 is 13.6 Å². The predicted octanol–water partition coefficient (Wildman–Crippen LogP) is 3.59. The molecule has 2 rings (SSSR count). The number of ketones is 1. The van der Waals surface area contributed by atoms with E-state index in [1.807, 2.05) is 31.2 Å². The molecule has 0 fully saturated rings. The number of hydrogen-bond donors (Lipinski definition) is 0. The van der Waals surface area contributed by atoms with Crippen molar-refractivity contribution in [2.24, 2.45) is 0 Å². The fraction of sp³-hybridized carbons (Fsp3) is 0.235. The second-order valence-electron chi connectivity index (χ2n) is 5.18. The van der Waals surface area contributed by atoms with Gasteiger partial charge >= 0.3 is 0 Å². The van der Waals surface area contributed by atoms with Crippen LogP contribution in [-0.4, -0.2) is 24.3 Å². The van der Waals surface area contributed by atoms with Crippen molar-refractivity contribution in [2.45, 2.75) is 13.5 Å². The summed E-state index contributed by atoms with van der Waals surface area (Å²) in [6.07, 6.45) is 0. The molecule has 0 saturated carbocycles. The van der Waals surface area contributed by atoms with Gasteiger partial charge in [-0.15, -0.1) is 0 Å². The highest BCUT2D eigenvalue weighted by molar-refractivity contribution is 5.98. The SMILES string of the molecule is Cc1ccc(CN(C)CC(=O)c2c(F)cccc2F)cc1. The smallest absolute Gasteiger partial charge is 0.182 e. The third kappa shape index (κ3) is 3.95. The molecular formula is C17H17F2NO. The van der Waals surface area contributed by atoms with Crippen LogP contribution in [0.1, 0.15) is 21.5 Å². The molecule has 0 unspecified atom stereocenters. The van der Waals surface area contributed by atoms with E-state index in [4.69, 9.17) is 0 Å². The molecule has 0 aliphatic rings. The Bertz CT molecular complexity index is 617. The molecule has 0 aliphatic carbocycles. The first-order chi connectivity index (χ1) is 9.97. The molecule has 110 valence electrons. The van der Waals surface area contributed by atoms with Gasteiger partial charge < -0.3 is 0 Å². The molecule has 2 aromatic carbocycles. The maximum Gasteiger partial charge on any atom is 0.182 e. The van der Waals surface area contributed by atoms with Gasteiger partial charge in [-0.2, -0.15) is 0 Å². The zero-order valence-electron chi connectivity index (χ0n) is 12.1. The van der Waals surface area contributed by atoms with Crippen molar-refractivity contribution in [3.05, 3.63) is 70.8 Å². The Morgan fingerprint density at radius 2 is 1.62 bits per heavy atom. The highest BCUT2D eigenvalue weighted by Crippen LogP contribution is 2.14. The minimum absolute atomic E-state index is 0.0360. The molecule has 4 heteroatoms. The van der Waals surface area contributed by atoms with E-state index in [2.05, 4.69) is 0 Å². The Labute approximate surface area is 123 Å². The molecule has 0 heterocycles. The predicted molar refractivity (Wildman–Crippen MR) is 78.2 cm³/mol. The minimum atomic E-state index is -0.816. The van der Waals surface area contributed by atoms with Gasteiger partial charge in [-0.05, 0) is 31.7 Å². The second kappa shape index (κ2) is 6.59. The number of nitrogens with zero attached hydrogens (tertiary/aromatic N) is 1. The van der Waals surface area contributed by atoms with E-state index >= 15 is 0 Å². The van der Waals surface area contributed by atoms with Gasteiger partial charge in [0.15, 0.2) is 5.78 Å². The average molecular weight is 289 g/mol. The lowest BCUT2D eigenvalue weighted by Gasteiger charge is -2.16. The van der Waals surface area contributed by atoms with Crippen molar-refractivity contribution in [1.82, 2.24) is 4.90 Å².